The molecule has 7 rings (SSSR count). The number of aromatic amines is 2. The van der Waals surface area contributed by atoms with E-state index < -0.39 is 0 Å². The van der Waals surface area contributed by atoms with E-state index in [2.05, 4.69) is 92.0 Å². The first kappa shape index (κ1) is 23.5. The summed E-state index contributed by atoms with van der Waals surface area (Å²) in [5, 5.41) is 12.3. The Balaban J connectivity index is 1.20. The smallest absolute Gasteiger partial charge is 0.138 e. The highest BCUT2D eigenvalue weighted by Gasteiger charge is 2.16. The highest BCUT2D eigenvalue weighted by atomic mass is 32.1. The van der Waals surface area contributed by atoms with Crippen molar-refractivity contribution < 1.29 is 0 Å². The highest BCUT2D eigenvalue weighted by molar-refractivity contribution is 7.15. The van der Waals surface area contributed by atoms with Gasteiger partial charge in [-0.3, -0.25) is 10.1 Å². The topological polar surface area (TPSA) is 95.2 Å². The quantitative estimate of drug-likeness (QED) is 0.210. The average molecular weight is 528 g/mol. The Labute approximate surface area is 229 Å². The van der Waals surface area contributed by atoms with Gasteiger partial charge in [-0.15, -0.1) is 11.3 Å². The number of benzene rings is 1. The number of nitrogens with zero attached hydrogens (tertiary/aromatic N) is 4. The number of aromatic nitrogens is 6. The standard InChI is InChI=1S/C31H25N7S/c1-19-7-10-28(39-19)23-11-12-34-31-24(23)14-27(36-31)30-29-26(37-38-30)9-8-25(35-29)22-13-21(17-33-18-22)16-32-15-20-5-3-2-4-6-20/h2-14,17-18,32H,15-16H2,1H3,(H,34,36)(H,37,38). The second-order valence-electron chi connectivity index (χ2n) is 9.55. The van der Waals surface area contributed by atoms with Crippen LogP contribution in [0.25, 0.3) is 55.2 Å². The molecule has 190 valence electrons. The van der Waals surface area contributed by atoms with Crippen LogP contribution in [0.5, 0.6) is 0 Å². The van der Waals surface area contributed by atoms with Gasteiger partial charge in [-0.05, 0) is 60.5 Å². The van der Waals surface area contributed by atoms with Crippen molar-refractivity contribution in [2.45, 2.75) is 20.0 Å². The van der Waals surface area contributed by atoms with E-state index in [-0.39, 0.29) is 0 Å². The minimum atomic E-state index is 0.725. The third-order valence-electron chi connectivity index (χ3n) is 6.79. The van der Waals surface area contributed by atoms with Gasteiger partial charge in [0.15, 0.2) is 0 Å². The third kappa shape index (κ3) is 4.60. The molecule has 0 amide bonds. The summed E-state index contributed by atoms with van der Waals surface area (Å²) >= 11 is 1.78. The van der Waals surface area contributed by atoms with Crippen molar-refractivity contribution in [1.29, 1.82) is 0 Å². The highest BCUT2D eigenvalue weighted by Crippen LogP contribution is 2.36. The van der Waals surface area contributed by atoms with E-state index in [1.165, 1.54) is 15.3 Å². The van der Waals surface area contributed by atoms with Crippen molar-refractivity contribution in [3.05, 3.63) is 107 Å². The molecule has 0 aliphatic rings. The van der Waals surface area contributed by atoms with E-state index >= 15 is 0 Å². The normalized spacial score (nSPS) is 11.5. The predicted octanol–water partition coefficient (Wildman–Crippen LogP) is 6.89. The molecule has 0 aliphatic carbocycles. The fourth-order valence-electron chi connectivity index (χ4n) is 4.87. The van der Waals surface area contributed by atoms with E-state index in [1.807, 2.05) is 36.8 Å². The number of thiophene rings is 1. The predicted molar refractivity (Wildman–Crippen MR) is 157 cm³/mol. The van der Waals surface area contributed by atoms with Crippen LogP contribution in [0.2, 0.25) is 0 Å². The molecule has 0 spiro atoms. The lowest BCUT2D eigenvalue weighted by Crippen LogP contribution is -2.12. The molecular weight excluding hydrogens is 502 g/mol. The maximum Gasteiger partial charge on any atom is 0.138 e. The lowest BCUT2D eigenvalue weighted by molar-refractivity contribution is 0.691. The molecule has 6 heterocycles. The third-order valence-corrected chi connectivity index (χ3v) is 7.83. The Morgan fingerprint density at radius 2 is 1.79 bits per heavy atom. The van der Waals surface area contributed by atoms with Gasteiger partial charge in [-0.25, -0.2) is 9.97 Å². The Morgan fingerprint density at radius 1 is 0.897 bits per heavy atom. The number of pyridine rings is 3. The van der Waals surface area contributed by atoms with Crippen LogP contribution in [0.4, 0.5) is 0 Å². The Hall–Kier alpha value is -4.66. The van der Waals surface area contributed by atoms with Gasteiger partial charge >= 0.3 is 0 Å². The minimum absolute atomic E-state index is 0.725. The second kappa shape index (κ2) is 9.90. The van der Waals surface area contributed by atoms with Gasteiger partial charge < -0.3 is 10.3 Å². The fourth-order valence-corrected chi connectivity index (χ4v) is 5.77. The van der Waals surface area contributed by atoms with Crippen molar-refractivity contribution in [1.82, 2.24) is 35.5 Å². The summed E-state index contributed by atoms with van der Waals surface area (Å²) < 4.78 is 0. The van der Waals surface area contributed by atoms with E-state index in [1.54, 1.807) is 11.3 Å². The molecule has 0 saturated heterocycles. The Kier molecular flexibility index (Phi) is 5.96. The number of hydrogen-bond donors (Lipinski definition) is 3. The zero-order valence-corrected chi connectivity index (χ0v) is 22.1. The summed E-state index contributed by atoms with van der Waals surface area (Å²) in [6, 6.07) is 25.1. The van der Waals surface area contributed by atoms with Crippen molar-refractivity contribution in [3.8, 4) is 33.1 Å². The van der Waals surface area contributed by atoms with Gasteiger partial charge in [0.2, 0.25) is 0 Å². The molecule has 0 radical (unpaired) electrons. The minimum Gasteiger partial charge on any atom is -0.338 e. The summed E-state index contributed by atoms with van der Waals surface area (Å²) in [6.45, 7) is 3.66. The van der Waals surface area contributed by atoms with E-state index in [0.717, 1.165) is 68.9 Å². The molecule has 39 heavy (non-hydrogen) atoms. The van der Waals surface area contributed by atoms with Gasteiger partial charge in [0, 0.05) is 57.9 Å². The zero-order chi connectivity index (χ0) is 26.2. The molecule has 8 heteroatoms. The molecule has 6 aromatic heterocycles. The molecule has 0 unspecified atom stereocenters. The Bertz CT molecular complexity index is 1920. The summed E-state index contributed by atoms with van der Waals surface area (Å²) in [5.74, 6) is 0. The van der Waals surface area contributed by atoms with Crippen molar-refractivity contribution in [2.24, 2.45) is 0 Å². The van der Waals surface area contributed by atoms with Gasteiger partial charge in [-0.1, -0.05) is 30.3 Å². The van der Waals surface area contributed by atoms with Crippen LogP contribution in [0.1, 0.15) is 16.0 Å². The summed E-state index contributed by atoms with van der Waals surface area (Å²) in [6.07, 6.45) is 5.60. The number of hydrogen-bond acceptors (Lipinski definition) is 6. The number of nitrogens with one attached hydrogen (secondary N) is 3. The lowest BCUT2D eigenvalue weighted by Gasteiger charge is -2.07. The van der Waals surface area contributed by atoms with Crippen LogP contribution < -0.4 is 5.32 Å². The number of aryl methyl sites for hydroxylation is 1. The van der Waals surface area contributed by atoms with Crippen LogP contribution in [-0.4, -0.2) is 30.1 Å². The first-order valence-corrected chi connectivity index (χ1v) is 13.6. The summed E-state index contributed by atoms with van der Waals surface area (Å²) in [5.41, 5.74) is 9.52. The fraction of sp³-hybridized carbons (Fsp3) is 0.0968. The van der Waals surface area contributed by atoms with Crippen LogP contribution in [0, 0.1) is 6.92 Å². The number of H-pyrrole nitrogens is 2. The molecular formula is C31H25N7S. The van der Waals surface area contributed by atoms with Gasteiger partial charge in [0.1, 0.15) is 16.9 Å². The largest absolute Gasteiger partial charge is 0.338 e. The Morgan fingerprint density at radius 3 is 2.67 bits per heavy atom. The van der Waals surface area contributed by atoms with Gasteiger partial charge in [0.05, 0.1) is 16.9 Å². The van der Waals surface area contributed by atoms with Crippen LogP contribution in [0.15, 0.2) is 91.4 Å². The molecule has 0 saturated carbocycles. The average Bonchev–Trinajstić information content (AvgIpc) is 3.71. The van der Waals surface area contributed by atoms with Gasteiger partial charge in [-0.2, -0.15) is 5.10 Å². The monoisotopic (exact) mass is 527 g/mol. The summed E-state index contributed by atoms with van der Waals surface area (Å²) in [7, 11) is 0. The van der Waals surface area contributed by atoms with Crippen molar-refractivity contribution >= 4 is 33.4 Å². The first-order valence-electron chi connectivity index (χ1n) is 12.8. The molecule has 0 aliphatic heterocycles. The van der Waals surface area contributed by atoms with Crippen LogP contribution >= 0.6 is 11.3 Å². The zero-order valence-electron chi connectivity index (χ0n) is 21.3. The van der Waals surface area contributed by atoms with Crippen LogP contribution in [0.3, 0.4) is 0 Å². The van der Waals surface area contributed by atoms with E-state index in [9.17, 15) is 0 Å². The molecule has 0 bridgehead atoms. The van der Waals surface area contributed by atoms with E-state index in [4.69, 9.17) is 4.98 Å². The van der Waals surface area contributed by atoms with Crippen LogP contribution in [-0.2, 0) is 13.1 Å². The maximum atomic E-state index is 5.01. The molecule has 0 atom stereocenters. The molecule has 7 aromatic rings. The SMILES string of the molecule is Cc1ccc(-c2ccnc3[nH]c(-c4n[nH]c5ccc(-c6cncc(CNCc7ccccc7)c6)nc45)cc23)s1. The molecule has 0 fully saturated rings. The van der Waals surface area contributed by atoms with E-state index in [0.29, 0.717) is 0 Å². The molecule has 1 aromatic carbocycles. The molecule has 7 nitrogen and oxygen atoms in total. The number of fused-ring (bicyclic) bond motifs is 2. The first-order chi connectivity index (χ1) is 19.2. The second-order valence-corrected chi connectivity index (χ2v) is 10.8. The summed E-state index contributed by atoms with van der Waals surface area (Å²) in [4.78, 5) is 20.1. The maximum absolute atomic E-state index is 5.01. The van der Waals surface area contributed by atoms with Gasteiger partial charge in [0.25, 0.3) is 0 Å². The van der Waals surface area contributed by atoms with Crippen molar-refractivity contribution in [3.63, 3.8) is 0 Å². The van der Waals surface area contributed by atoms with Crippen molar-refractivity contribution in [2.75, 3.05) is 0 Å². The lowest BCUT2D eigenvalue weighted by atomic mass is 10.1. The number of rotatable bonds is 7. The molecule has 3 N–H and O–H groups in total.